The van der Waals surface area contributed by atoms with Crippen LogP contribution in [0.15, 0.2) is 35.5 Å². The Kier molecular flexibility index (Phi) is 6.57. The van der Waals surface area contributed by atoms with Gasteiger partial charge in [0.25, 0.3) is 0 Å². The molecule has 3 rings (SSSR count). The van der Waals surface area contributed by atoms with Gasteiger partial charge in [0.05, 0.1) is 27.9 Å². The molecule has 0 radical (unpaired) electrons. The summed E-state index contributed by atoms with van der Waals surface area (Å²) in [6.45, 7) is 5.14. The molecule has 1 aliphatic rings. The molecule has 0 saturated carbocycles. The van der Waals surface area contributed by atoms with E-state index in [1.165, 1.54) is 11.1 Å². The van der Waals surface area contributed by atoms with E-state index in [4.69, 9.17) is 19.2 Å². The zero-order chi connectivity index (χ0) is 19.9. The first-order valence-corrected chi connectivity index (χ1v) is 9.44. The Hall–Kier alpha value is -2.96. The zero-order valence-corrected chi connectivity index (χ0v) is 17.0. The predicted octanol–water partition coefficient (Wildman–Crippen LogP) is 2.63. The van der Waals surface area contributed by atoms with Gasteiger partial charge in [0.1, 0.15) is 0 Å². The van der Waals surface area contributed by atoms with E-state index in [-0.39, 0.29) is 0 Å². The normalized spacial score (nSPS) is 13.7. The number of pyridine rings is 1. The van der Waals surface area contributed by atoms with Gasteiger partial charge in [-0.25, -0.2) is 9.98 Å². The van der Waals surface area contributed by atoms with Crippen molar-refractivity contribution in [2.75, 3.05) is 34.4 Å². The van der Waals surface area contributed by atoms with Crippen molar-refractivity contribution in [3.05, 3.63) is 47.2 Å². The van der Waals surface area contributed by atoms with Crippen LogP contribution in [0.2, 0.25) is 0 Å². The number of hydrogen-bond acceptors (Lipinski definition) is 5. The van der Waals surface area contributed by atoms with Gasteiger partial charge < -0.3 is 24.4 Å². The summed E-state index contributed by atoms with van der Waals surface area (Å²) in [6.07, 6.45) is 2.73. The molecule has 0 atom stereocenters. The highest BCUT2D eigenvalue weighted by Crippen LogP contribution is 2.33. The lowest BCUT2D eigenvalue weighted by atomic mass is 9.99. The van der Waals surface area contributed by atoms with E-state index < -0.39 is 0 Å². The highest BCUT2D eigenvalue weighted by atomic mass is 16.5. The minimum absolute atomic E-state index is 0.564. The third kappa shape index (κ3) is 4.47. The van der Waals surface area contributed by atoms with Crippen molar-refractivity contribution in [1.82, 2.24) is 15.2 Å². The Bertz CT molecular complexity index is 821. The number of fused-ring (bicyclic) bond motifs is 1. The number of methoxy groups -OCH3 is 3. The highest BCUT2D eigenvalue weighted by molar-refractivity contribution is 5.80. The number of aliphatic imine (C=N–C) groups is 1. The van der Waals surface area contributed by atoms with E-state index in [0.717, 1.165) is 49.1 Å². The van der Waals surface area contributed by atoms with Crippen molar-refractivity contribution in [3.63, 3.8) is 0 Å². The number of ether oxygens (including phenoxy) is 3. The van der Waals surface area contributed by atoms with Gasteiger partial charge in [0.2, 0.25) is 5.88 Å². The van der Waals surface area contributed by atoms with Gasteiger partial charge in [-0.3, -0.25) is 0 Å². The molecule has 7 nitrogen and oxygen atoms in total. The Balaban J connectivity index is 1.77. The summed E-state index contributed by atoms with van der Waals surface area (Å²) >= 11 is 0. The summed E-state index contributed by atoms with van der Waals surface area (Å²) in [5.74, 6) is 3.05. The van der Waals surface area contributed by atoms with Gasteiger partial charge >= 0.3 is 0 Å². The molecular weight excluding hydrogens is 356 g/mol. The molecule has 0 aliphatic carbocycles. The summed E-state index contributed by atoms with van der Waals surface area (Å²) in [4.78, 5) is 11.3. The van der Waals surface area contributed by atoms with Crippen molar-refractivity contribution in [2.45, 2.75) is 26.4 Å². The fourth-order valence-corrected chi connectivity index (χ4v) is 3.28. The van der Waals surface area contributed by atoms with Crippen LogP contribution in [0.4, 0.5) is 0 Å². The second kappa shape index (κ2) is 9.30. The third-order valence-electron chi connectivity index (χ3n) is 4.77. The quantitative estimate of drug-likeness (QED) is 0.610. The molecule has 1 aromatic carbocycles. The van der Waals surface area contributed by atoms with Crippen LogP contribution < -0.4 is 19.5 Å². The molecule has 7 heteroatoms. The van der Waals surface area contributed by atoms with Gasteiger partial charge in [0.15, 0.2) is 17.5 Å². The summed E-state index contributed by atoms with van der Waals surface area (Å²) in [6, 6.07) is 7.99. The van der Waals surface area contributed by atoms with E-state index in [0.29, 0.717) is 12.4 Å². The molecule has 0 unspecified atom stereocenters. The molecule has 1 N–H and O–H groups in total. The number of aromatic nitrogens is 1. The second-order valence-corrected chi connectivity index (χ2v) is 6.53. The van der Waals surface area contributed by atoms with Crippen molar-refractivity contribution in [2.24, 2.45) is 4.99 Å². The SMILES string of the molecule is CCNC(=NCc1ccc(OC)nc1)N1CCc2cc(OC)c(OC)cc2C1. The zero-order valence-electron chi connectivity index (χ0n) is 17.0. The van der Waals surface area contributed by atoms with Crippen molar-refractivity contribution in [3.8, 4) is 17.4 Å². The maximum absolute atomic E-state index is 5.46. The molecule has 1 aliphatic heterocycles. The first-order valence-electron chi connectivity index (χ1n) is 9.44. The van der Waals surface area contributed by atoms with Crippen LogP contribution in [-0.4, -0.2) is 50.3 Å². The first kappa shape index (κ1) is 19.8. The Morgan fingerprint density at radius 1 is 1.11 bits per heavy atom. The van der Waals surface area contributed by atoms with Crippen LogP contribution in [0.25, 0.3) is 0 Å². The standard InChI is InChI=1S/C21H28N4O3/c1-5-22-21(24-13-15-6-7-20(28-4)23-12-15)25-9-8-16-10-18(26-2)19(27-3)11-17(16)14-25/h6-7,10-12H,5,8-9,13-14H2,1-4H3,(H,22,24). The average Bonchev–Trinajstić information content (AvgIpc) is 2.75. The Labute approximate surface area is 166 Å². The van der Waals surface area contributed by atoms with Crippen molar-refractivity contribution in [1.29, 1.82) is 0 Å². The maximum atomic E-state index is 5.46. The van der Waals surface area contributed by atoms with Crippen LogP contribution in [0.3, 0.4) is 0 Å². The van der Waals surface area contributed by atoms with E-state index >= 15 is 0 Å². The Morgan fingerprint density at radius 2 is 1.86 bits per heavy atom. The monoisotopic (exact) mass is 384 g/mol. The summed E-state index contributed by atoms with van der Waals surface area (Å²) in [5, 5.41) is 3.40. The van der Waals surface area contributed by atoms with Gasteiger partial charge in [0, 0.05) is 31.9 Å². The van der Waals surface area contributed by atoms with E-state index in [9.17, 15) is 0 Å². The summed E-state index contributed by atoms with van der Waals surface area (Å²) in [7, 11) is 4.95. The number of nitrogens with one attached hydrogen (secondary N) is 1. The lowest BCUT2D eigenvalue weighted by Crippen LogP contribution is -2.44. The molecule has 28 heavy (non-hydrogen) atoms. The van der Waals surface area contributed by atoms with Crippen LogP contribution in [0.1, 0.15) is 23.6 Å². The highest BCUT2D eigenvalue weighted by Gasteiger charge is 2.21. The lowest BCUT2D eigenvalue weighted by molar-refractivity contribution is 0.346. The molecule has 2 aromatic rings. The number of hydrogen-bond donors (Lipinski definition) is 1. The molecular formula is C21H28N4O3. The maximum Gasteiger partial charge on any atom is 0.212 e. The largest absolute Gasteiger partial charge is 0.493 e. The molecule has 0 saturated heterocycles. The molecule has 0 amide bonds. The van der Waals surface area contributed by atoms with E-state index in [1.54, 1.807) is 27.5 Å². The molecule has 0 fully saturated rings. The number of nitrogens with zero attached hydrogens (tertiary/aromatic N) is 3. The van der Waals surface area contributed by atoms with Crippen LogP contribution in [0.5, 0.6) is 17.4 Å². The molecule has 0 bridgehead atoms. The fraction of sp³-hybridized carbons (Fsp3) is 0.429. The second-order valence-electron chi connectivity index (χ2n) is 6.53. The summed E-state index contributed by atoms with van der Waals surface area (Å²) in [5.41, 5.74) is 3.57. The van der Waals surface area contributed by atoms with E-state index in [1.807, 2.05) is 12.1 Å². The van der Waals surface area contributed by atoms with Crippen molar-refractivity contribution < 1.29 is 14.2 Å². The third-order valence-corrected chi connectivity index (χ3v) is 4.77. The van der Waals surface area contributed by atoms with Crippen LogP contribution in [-0.2, 0) is 19.5 Å². The predicted molar refractivity (Wildman–Crippen MR) is 109 cm³/mol. The average molecular weight is 384 g/mol. The van der Waals surface area contributed by atoms with Gasteiger partial charge in [-0.05, 0) is 42.2 Å². The topological polar surface area (TPSA) is 68.2 Å². The number of benzene rings is 1. The molecule has 1 aromatic heterocycles. The summed E-state index contributed by atoms with van der Waals surface area (Å²) < 4.78 is 16.0. The Morgan fingerprint density at radius 3 is 2.46 bits per heavy atom. The first-order chi connectivity index (χ1) is 13.7. The van der Waals surface area contributed by atoms with E-state index in [2.05, 4.69) is 34.3 Å². The number of guanidine groups is 1. The lowest BCUT2D eigenvalue weighted by Gasteiger charge is -2.32. The van der Waals surface area contributed by atoms with Gasteiger partial charge in [-0.15, -0.1) is 0 Å². The van der Waals surface area contributed by atoms with Crippen LogP contribution >= 0.6 is 0 Å². The minimum Gasteiger partial charge on any atom is -0.493 e. The fourth-order valence-electron chi connectivity index (χ4n) is 3.28. The van der Waals surface area contributed by atoms with Gasteiger partial charge in [-0.1, -0.05) is 6.07 Å². The minimum atomic E-state index is 0.564. The molecule has 2 heterocycles. The molecule has 0 spiro atoms. The van der Waals surface area contributed by atoms with Crippen LogP contribution in [0, 0.1) is 0 Å². The number of rotatable bonds is 6. The van der Waals surface area contributed by atoms with Crippen molar-refractivity contribution >= 4 is 5.96 Å². The van der Waals surface area contributed by atoms with Gasteiger partial charge in [-0.2, -0.15) is 0 Å². The smallest absolute Gasteiger partial charge is 0.212 e. The molecule has 150 valence electrons.